The van der Waals surface area contributed by atoms with E-state index in [9.17, 15) is 0 Å². The monoisotopic (exact) mass is 610 g/mol. The number of rotatable bonds is 2. The van der Waals surface area contributed by atoms with Gasteiger partial charge in [-0.05, 0) is 95.7 Å². The fourth-order valence-electron chi connectivity index (χ4n) is 8.19. The Morgan fingerprint density at radius 1 is 0.312 bits per heavy atom. The molecule has 0 N–H and O–H groups in total. The summed E-state index contributed by atoms with van der Waals surface area (Å²) in [5.74, 6) is 0. The second kappa shape index (κ2) is 9.57. The molecule has 0 aliphatic heterocycles. The highest BCUT2D eigenvalue weighted by Crippen LogP contribution is 2.47. The van der Waals surface area contributed by atoms with E-state index >= 15 is 0 Å². The molecule has 0 aliphatic rings. The first-order valence-corrected chi connectivity index (χ1v) is 16.4. The summed E-state index contributed by atoms with van der Waals surface area (Å²) in [4.78, 5) is 0. The minimum Gasteiger partial charge on any atom is -0.456 e. The third kappa shape index (κ3) is 3.46. The largest absolute Gasteiger partial charge is 0.456 e. The lowest BCUT2D eigenvalue weighted by Gasteiger charge is -2.18. The zero-order valence-electron chi connectivity index (χ0n) is 25.8. The Hall–Kier alpha value is -6.38. The Bertz CT molecular complexity index is 3060. The fourth-order valence-corrected chi connectivity index (χ4v) is 8.19. The third-order valence-corrected chi connectivity index (χ3v) is 10.2. The average molecular weight is 611 g/mol. The van der Waals surface area contributed by atoms with Gasteiger partial charge in [-0.1, -0.05) is 127 Å². The van der Waals surface area contributed by atoms with Crippen molar-refractivity contribution in [2.24, 2.45) is 0 Å². The van der Waals surface area contributed by atoms with E-state index in [1.54, 1.807) is 0 Å². The van der Waals surface area contributed by atoms with E-state index in [-0.39, 0.29) is 0 Å². The molecule has 0 fully saturated rings. The van der Waals surface area contributed by atoms with E-state index in [2.05, 4.69) is 158 Å². The lowest BCUT2D eigenvalue weighted by Crippen LogP contribution is -1.91. The van der Waals surface area contributed by atoms with Crippen LogP contribution < -0.4 is 0 Å². The van der Waals surface area contributed by atoms with E-state index < -0.39 is 0 Å². The van der Waals surface area contributed by atoms with Gasteiger partial charge in [-0.25, -0.2) is 0 Å². The fraction of sp³-hybridized carbons (Fsp3) is 0. The molecule has 222 valence electrons. The maximum atomic E-state index is 6.67. The smallest absolute Gasteiger partial charge is 0.147 e. The molecule has 0 saturated heterocycles. The molecule has 0 bridgehead atoms. The van der Waals surface area contributed by atoms with Crippen molar-refractivity contribution in [2.45, 2.75) is 0 Å². The molecule has 11 rings (SSSR count). The van der Waals surface area contributed by atoms with E-state index in [0.29, 0.717) is 0 Å². The standard InChI is InChI=1S/C46H26O2/c1-3-13-30-27(10-1)12-9-19-32(30)43-35-17-7-5-15-33(35)42(34-16-6-8-18-36(34)43)29-21-23-39-38(26-29)45-41(47-39)25-22-37-44-31-14-4-2-11-28(31)20-24-40(44)48-46(37)45/h1-26H. The van der Waals surface area contributed by atoms with Gasteiger partial charge in [-0.3, -0.25) is 0 Å². The molecular weight excluding hydrogens is 585 g/mol. The summed E-state index contributed by atoms with van der Waals surface area (Å²) in [5, 5.41) is 14.2. The van der Waals surface area contributed by atoms with Crippen LogP contribution in [-0.4, -0.2) is 0 Å². The Kier molecular flexibility index (Phi) is 5.14. The lowest BCUT2D eigenvalue weighted by molar-refractivity contribution is 0.663. The molecule has 2 aromatic heterocycles. The van der Waals surface area contributed by atoms with Gasteiger partial charge < -0.3 is 8.83 Å². The van der Waals surface area contributed by atoms with Crippen LogP contribution in [0.4, 0.5) is 0 Å². The molecular formula is C46H26O2. The van der Waals surface area contributed by atoms with Crippen LogP contribution in [0.25, 0.3) is 109 Å². The SMILES string of the molecule is c1ccc2c(-c3c4ccccc4c(-c4ccc5oc6ccc7c(oc8ccc9ccccc9c87)c6c5c4)c4ccccc34)cccc2c1. The predicted molar refractivity (Wildman–Crippen MR) is 202 cm³/mol. The van der Waals surface area contributed by atoms with E-state index in [1.807, 2.05) is 0 Å². The number of fused-ring (bicyclic) bond motifs is 12. The topological polar surface area (TPSA) is 26.3 Å². The molecule has 0 amide bonds. The van der Waals surface area contributed by atoms with Crippen molar-refractivity contribution in [3.63, 3.8) is 0 Å². The van der Waals surface area contributed by atoms with Crippen LogP contribution in [0.2, 0.25) is 0 Å². The van der Waals surface area contributed by atoms with E-state index in [4.69, 9.17) is 8.83 Å². The Morgan fingerprint density at radius 2 is 0.875 bits per heavy atom. The average Bonchev–Trinajstić information content (AvgIpc) is 3.72. The second-order valence-electron chi connectivity index (χ2n) is 12.8. The van der Waals surface area contributed by atoms with E-state index in [0.717, 1.165) is 49.4 Å². The molecule has 0 aliphatic carbocycles. The van der Waals surface area contributed by atoms with Crippen molar-refractivity contribution in [1.29, 1.82) is 0 Å². The Morgan fingerprint density at radius 3 is 1.62 bits per heavy atom. The maximum Gasteiger partial charge on any atom is 0.147 e. The summed E-state index contributed by atoms with van der Waals surface area (Å²) in [6, 6.07) is 56.7. The predicted octanol–water partition coefficient (Wildman–Crippen LogP) is 13.4. The molecule has 0 spiro atoms. The number of hydrogen-bond donors (Lipinski definition) is 0. The van der Waals surface area contributed by atoms with Crippen molar-refractivity contribution in [3.05, 3.63) is 158 Å². The first-order valence-electron chi connectivity index (χ1n) is 16.4. The normalized spacial score (nSPS) is 12.2. The molecule has 0 atom stereocenters. The van der Waals surface area contributed by atoms with Gasteiger partial charge in [0, 0.05) is 16.2 Å². The van der Waals surface area contributed by atoms with Gasteiger partial charge in [-0.15, -0.1) is 0 Å². The summed E-state index contributed by atoms with van der Waals surface area (Å²) in [5.41, 5.74) is 8.35. The Balaban J connectivity index is 1.24. The molecule has 48 heavy (non-hydrogen) atoms. The third-order valence-electron chi connectivity index (χ3n) is 10.2. The summed E-state index contributed by atoms with van der Waals surface area (Å²) in [7, 11) is 0. The van der Waals surface area contributed by atoms with Gasteiger partial charge in [-0.2, -0.15) is 0 Å². The van der Waals surface area contributed by atoms with Gasteiger partial charge in [0.1, 0.15) is 22.3 Å². The Labute approximate surface area is 275 Å². The van der Waals surface area contributed by atoms with Crippen LogP contribution in [0.5, 0.6) is 0 Å². The molecule has 0 radical (unpaired) electrons. The van der Waals surface area contributed by atoms with Crippen LogP contribution >= 0.6 is 0 Å². The molecule has 2 heteroatoms. The minimum absolute atomic E-state index is 0.832. The number of benzene rings is 9. The van der Waals surface area contributed by atoms with Gasteiger partial charge in [0.15, 0.2) is 0 Å². The van der Waals surface area contributed by atoms with Crippen molar-refractivity contribution < 1.29 is 8.83 Å². The van der Waals surface area contributed by atoms with Crippen LogP contribution in [0, 0.1) is 0 Å². The van der Waals surface area contributed by atoms with Crippen LogP contribution in [0.15, 0.2) is 167 Å². The summed E-state index contributed by atoms with van der Waals surface area (Å²) in [6.45, 7) is 0. The quantitative estimate of drug-likeness (QED) is 0.182. The zero-order valence-corrected chi connectivity index (χ0v) is 25.8. The molecule has 0 saturated carbocycles. The highest BCUT2D eigenvalue weighted by molar-refractivity contribution is 6.28. The van der Waals surface area contributed by atoms with E-state index in [1.165, 1.54) is 59.8 Å². The number of furan rings is 2. The molecule has 9 aromatic carbocycles. The van der Waals surface area contributed by atoms with Crippen LogP contribution in [0.3, 0.4) is 0 Å². The highest BCUT2D eigenvalue weighted by Gasteiger charge is 2.21. The van der Waals surface area contributed by atoms with Crippen molar-refractivity contribution >= 4 is 87.0 Å². The second-order valence-corrected chi connectivity index (χ2v) is 12.8. The first kappa shape index (κ1) is 25.8. The summed E-state index contributed by atoms with van der Waals surface area (Å²) >= 11 is 0. The van der Waals surface area contributed by atoms with Gasteiger partial charge in [0.2, 0.25) is 0 Å². The van der Waals surface area contributed by atoms with Crippen molar-refractivity contribution in [2.75, 3.05) is 0 Å². The summed E-state index contributed by atoms with van der Waals surface area (Å²) in [6.07, 6.45) is 0. The molecule has 2 nitrogen and oxygen atoms in total. The van der Waals surface area contributed by atoms with Gasteiger partial charge >= 0.3 is 0 Å². The van der Waals surface area contributed by atoms with Crippen molar-refractivity contribution in [1.82, 2.24) is 0 Å². The minimum atomic E-state index is 0.832. The maximum absolute atomic E-state index is 6.67. The van der Waals surface area contributed by atoms with Gasteiger partial charge in [0.25, 0.3) is 0 Å². The lowest BCUT2D eigenvalue weighted by atomic mass is 9.84. The van der Waals surface area contributed by atoms with Crippen LogP contribution in [0.1, 0.15) is 0 Å². The summed E-state index contributed by atoms with van der Waals surface area (Å²) < 4.78 is 13.1. The van der Waals surface area contributed by atoms with Crippen LogP contribution in [-0.2, 0) is 0 Å². The first-order chi connectivity index (χ1) is 23.8. The highest BCUT2D eigenvalue weighted by atomic mass is 16.3. The number of hydrogen-bond acceptors (Lipinski definition) is 2. The van der Waals surface area contributed by atoms with Crippen molar-refractivity contribution in [3.8, 4) is 22.3 Å². The zero-order chi connectivity index (χ0) is 31.3. The molecule has 2 heterocycles. The van der Waals surface area contributed by atoms with Gasteiger partial charge in [0.05, 0.1) is 5.39 Å². The molecule has 0 unspecified atom stereocenters. The molecule has 11 aromatic rings.